The van der Waals surface area contributed by atoms with Crippen LogP contribution in [0.15, 0.2) is 28.9 Å². The summed E-state index contributed by atoms with van der Waals surface area (Å²) in [6, 6.07) is 4.88. The summed E-state index contributed by atoms with van der Waals surface area (Å²) >= 11 is 1.10. The average molecular weight is 351 g/mol. The molecule has 2 aromatic rings. The van der Waals surface area contributed by atoms with Crippen LogP contribution in [0.2, 0.25) is 0 Å². The second kappa shape index (κ2) is 8.34. The molecule has 0 radical (unpaired) electrons. The van der Waals surface area contributed by atoms with Crippen molar-refractivity contribution in [1.29, 1.82) is 0 Å². The fraction of sp³-hybridized carbons (Fsp3) is 0.333. The van der Waals surface area contributed by atoms with Crippen LogP contribution in [0.5, 0.6) is 0 Å². The molecule has 0 saturated carbocycles. The molecule has 1 atom stereocenters. The van der Waals surface area contributed by atoms with Crippen LogP contribution >= 0.6 is 11.8 Å². The van der Waals surface area contributed by atoms with Gasteiger partial charge in [0.2, 0.25) is 11.7 Å². The summed E-state index contributed by atoms with van der Waals surface area (Å²) in [7, 11) is 0. The number of carbonyl (C=O) groups is 3. The number of ketones is 1. The van der Waals surface area contributed by atoms with E-state index in [4.69, 9.17) is 9.26 Å². The third-order valence-corrected chi connectivity index (χ3v) is 4.08. The molecular formula is C15H17N3O5S. The molecule has 0 saturated heterocycles. The van der Waals surface area contributed by atoms with Crippen molar-refractivity contribution in [3.8, 4) is 0 Å². The molecule has 2 aromatic heterocycles. The van der Waals surface area contributed by atoms with Gasteiger partial charge in [-0.2, -0.15) is 0 Å². The van der Waals surface area contributed by atoms with E-state index in [1.807, 2.05) is 0 Å². The number of nitrogens with zero attached hydrogens (tertiary/aromatic N) is 1. The molecule has 0 spiro atoms. The summed E-state index contributed by atoms with van der Waals surface area (Å²) in [5, 5.41) is 5.75. The molecule has 0 aliphatic heterocycles. The van der Waals surface area contributed by atoms with E-state index in [2.05, 4.69) is 15.5 Å². The fourth-order valence-corrected chi connectivity index (χ4v) is 2.37. The molecule has 0 fully saturated rings. The van der Waals surface area contributed by atoms with Gasteiger partial charge in [-0.05, 0) is 26.0 Å². The first kappa shape index (κ1) is 17.8. The van der Waals surface area contributed by atoms with Gasteiger partial charge in [-0.25, -0.2) is 0 Å². The molecule has 2 heterocycles. The number of aryl methyl sites for hydroxylation is 1. The Labute approximate surface area is 142 Å². The lowest BCUT2D eigenvalue weighted by atomic mass is 10.3. The van der Waals surface area contributed by atoms with Gasteiger partial charge in [-0.1, -0.05) is 5.16 Å². The Bertz CT molecular complexity index is 711. The number of hydrogen-bond acceptors (Lipinski definition) is 7. The second-order valence-corrected chi connectivity index (χ2v) is 6.26. The predicted octanol–water partition coefficient (Wildman–Crippen LogP) is 1.80. The quantitative estimate of drug-likeness (QED) is 0.550. The number of thioether (sulfide) groups is 1. The van der Waals surface area contributed by atoms with Gasteiger partial charge in [0.15, 0.2) is 12.4 Å². The minimum Gasteiger partial charge on any atom is -0.457 e. The van der Waals surface area contributed by atoms with Gasteiger partial charge in [-0.15, -0.1) is 11.8 Å². The Morgan fingerprint density at radius 3 is 2.88 bits per heavy atom. The van der Waals surface area contributed by atoms with Gasteiger partial charge in [0.05, 0.1) is 16.7 Å². The third-order valence-electron chi connectivity index (χ3n) is 2.96. The van der Waals surface area contributed by atoms with Crippen molar-refractivity contribution in [2.24, 2.45) is 0 Å². The highest BCUT2D eigenvalue weighted by Crippen LogP contribution is 2.14. The van der Waals surface area contributed by atoms with Crippen LogP contribution in [0.25, 0.3) is 0 Å². The number of nitrogens with one attached hydrogen (secondary N) is 2. The highest BCUT2D eigenvalue weighted by molar-refractivity contribution is 8.01. The standard InChI is InChI=1S/C15H17N3O5S/c1-9-6-13(18-23-9)17-15(21)10(2)24-8-14(20)22-7-12(19)11-4-3-5-16-11/h3-6,10,16H,7-8H2,1-2H3,(H,17,18,21)/t10-/m1/s1. The smallest absolute Gasteiger partial charge is 0.316 e. The first-order valence-corrected chi connectivity index (χ1v) is 8.18. The van der Waals surface area contributed by atoms with Crippen molar-refractivity contribution in [2.45, 2.75) is 19.1 Å². The number of H-pyrrole nitrogens is 1. The summed E-state index contributed by atoms with van der Waals surface area (Å²) in [5.41, 5.74) is 0.381. The lowest BCUT2D eigenvalue weighted by molar-refractivity contribution is -0.139. The number of carbonyl (C=O) groups excluding carboxylic acids is 3. The molecule has 2 N–H and O–H groups in total. The number of Topliss-reactive ketones (excluding diaryl/α,β-unsaturated/α-hetero) is 1. The number of aromatic amines is 1. The molecule has 8 nitrogen and oxygen atoms in total. The first-order chi connectivity index (χ1) is 11.5. The van der Waals surface area contributed by atoms with Crippen LogP contribution in [0.3, 0.4) is 0 Å². The molecule has 1 amide bonds. The maximum absolute atomic E-state index is 11.9. The topological polar surface area (TPSA) is 114 Å². The zero-order valence-corrected chi connectivity index (χ0v) is 14.0. The van der Waals surface area contributed by atoms with Crippen LogP contribution in [-0.4, -0.2) is 45.4 Å². The molecule has 0 aliphatic rings. The van der Waals surface area contributed by atoms with E-state index in [0.29, 0.717) is 17.3 Å². The second-order valence-electron chi connectivity index (χ2n) is 4.93. The monoisotopic (exact) mass is 351 g/mol. The summed E-state index contributed by atoms with van der Waals surface area (Å²) in [6.45, 7) is 3.04. The van der Waals surface area contributed by atoms with E-state index < -0.39 is 11.2 Å². The highest BCUT2D eigenvalue weighted by Gasteiger charge is 2.18. The SMILES string of the molecule is Cc1cc(NC(=O)[C@@H](C)SCC(=O)OCC(=O)c2ccc[nH]2)no1. The Balaban J connectivity index is 1.68. The van der Waals surface area contributed by atoms with Crippen LogP contribution in [0, 0.1) is 6.92 Å². The number of aromatic nitrogens is 2. The molecule has 2 rings (SSSR count). The molecule has 9 heteroatoms. The first-order valence-electron chi connectivity index (χ1n) is 7.13. The Morgan fingerprint density at radius 1 is 1.46 bits per heavy atom. The number of ether oxygens (including phenoxy) is 1. The van der Waals surface area contributed by atoms with Crippen molar-refractivity contribution in [3.05, 3.63) is 35.9 Å². The molecule has 128 valence electrons. The summed E-state index contributed by atoms with van der Waals surface area (Å²) in [4.78, 5) is 38.0. The van der Waals surface area contributed by atoms with Crippen LogP contribution in [0.4, 0.5) is 5.82 Å². The number of esters is 1. The molecule has 0 unspecified atom stereocenters. The van der Waals surface area contributed by atoms with E-state index in [1.165, 1.54) is 0 Å². The fourth-order valence-electron chi connectivity index (χ4n) is 1.69. The van der Waals surface area contributed by atoms with Crippen LogP contribution in [-0.2, 0) is 14.3 Å². The number of anilines is 1. The molecule has 24 heavy (non-hydrogen) atoms. The van der Waals surface area contributed by atoms with Crippen molar-refractivity contribution < 1.29 is 23.6 Å². The Morgan fingerprint density at radius 2 is 2.25 bits per heavy atom. The maximum Gasteiger partial charge on any atom is 0.316 e. The maximum atomic E-state index is 11.9. The Kier molecular flexibility index (Phi) is 6.19. The van der Waals surface area contributed by atoms with Crippen molar-refractivity contribution in [2.75, 3.05) is 17.7 Å². The summed E-state index contributed by atoms with van der Waals surface area (Å²) in [6.07, 6.45) is 1.61. The number of hydrogen-bond donors (Lipinski definition) is 2. The van der Waals surface area contributed by atoms with Crippen molar-refractivity contribution in [3.63, 3.8) is 0 Å². The zero-order valence-electron chi connectivity index (χ0n) is 13.2. The molecular weight excluding hydrogens is 334 g/mol. The van der Waals surface area contributed by atoms with Crippen LogP contribution < -0.4 is 5.32 Å². The number of rotatable bonds is 8. The van der Waals surface area contributed by atoms with Gasteiger partial charge < -0.3 is 19.6 Å². The minimum atomic E-state index is -0.558. The van der Waals surface area contributed by atoms with E-state index in [0.717, 1.165) is 11.8 Å². The lowest BCUT2D eigenvalue weighted by Gasteiger charge is -2.10. The van der Waals surface area contributed by atoms with E-state index in [1.54, 1.807) is 38.2 Å². The van der Waals surface area contributed by atoms with Gasteiger partial charge >= 0.3 is 5.97 Å². The van der Waals surface area contributed by atoms with Gasteiger partial charge in [0.25, 0.3) is 0 Å². The van der Waals surface area contributed by atoms with E-state index in [9.17, 15) is 14.4 Å². The van der Waals surface area contributed by atoms with Gasteiger partial charge in [-0.3, -0.25) is 14.4 Å². The number of amides is 1. The average Bonchev–Trinajstić information content (AvgIpc) is 3.22. The van der Waals surface area contributed by atoms with Crippen LogP contribution in [0.1, 0.15) is 23.2 Å². The minimum absolute atomic E-state index is 0.0373. The van der Waals surface area contributed by atoms with Gasteiger partial charge in [0, 0.05) is 12.3 Å². The third kappa shape index (κ3) is 5.27. The molecule has 0 aromatic carbocycles. The summed E-state index contributed by atoms with van der Waals surface area (Å²) < 4.78 is 9.74. The molecule has 0 aliphatic carbocycles. The predicted molar refractivity (Wildman–Crippen MR) is 87.9 cm³/mol. The normalized spacial score (nSPS) is 11.8. The van der Waals surface area contributed by atoms with E-state index >= 15 is 0 Å². The highest BCUT2D eigenvalue weighted by atomic mass is 32.2. The largest absolute Gasteiger partial charge is 0.457 e. The summed E-state index contributed by atoms with van der Waals surface area (Å²) in [5.74, 6) is -0.305. The Hall–Kier alpha value is -2.55. The van der Waals surface area contributed by atoms with Crippen molar-refractivity contribution >= 4 is 35.2 Å². The lowest BCUT2D eigenvalue weighted by Crippen LogP contribution is -2.24. The van der Waals surface area contributed by atoms with Crippen molar-refractivity contribution in [1.82, 2.24) is 10.1 Å². The zero-order chi connectivity index (χ0) is 17.5. The van der Waals surface area contributed by atoms with E-state index in [-0.39, 0.29) is 24.1 Å². The molecule has 0 bridgehead atoms. The van der Waals surface area contributed by atoms with Gasteiger partial charge in [0.1, 0.15) is 5.76 Å².